The first-order valence-electron chi connectivity index (χ1n) is 7.03. The monoisotopic (exact) mass is 272 g/mol. The average Bonchev–Trinajstić information content (AvgIpc) is 2.80. The van der Waals surface area contributed by atoms with Crippen LogP contribution in [0.2, 0.25) is 0 Å². The summed E-state index contributed by atoms with van der Waals surface area (Å²) in [5.41, 5.74) is 1.23. The van der Waals surface area contributed by atoms with Gasteiger partial charge in [0.15, 0.2) is 0 Å². The van der Waals surface area contributed by atoms with Gasteiger partial charge in [0, 0.05) is 19.6 Å². The van der Waals surface area contributed by atoms with E-state index in [0.29, 0.717) is 6.61 Å². The van der Waals surface area contributed by atoms with Crippen LogP contribution in [0.1, 0.15) is 17.2 Å². The first kappa shape index (κ1) is 13.1. The molecule has 5 nitrogen and oxygen atoms in total. The van der Waals surface area contributed by atoms with Gasteiger partial charge in [0.1, 0.15) is 24.0 Å². The Hall–Kier alpha value is -1.88. The molecule has 1 aromatic heterocycles. The van der Waals surface area contributed by atoms with Crippen molar-refractivity contribution in [1.82, 2.24) is 19.7 Å². The maximum absolute atomic E-state index is 5.80. The van der Waals surface area contributed by atoms with Gasteiger partial charge in [-0.2, -0.15) is 0 Å². The number of hydrogen-bond acceptors (Lipinski definition) is 4. The highest BCUT2D eigenvalue weighted by molar-refractivity contribution is 5.27. The van der Waals surface area contributed by atoms with Gasteiger partial charge in [0.05, 0.1) is 6.54 Å². The first-order chi connectivity index (χ1) is 9.72. The van der Waals surface area contributed by atoms with Gasteiger partial charge in [0.25, 0.3) is 0 Å². The van der Waals surface area contributed by atoms with Gasteiger partial charge in [-0.25, -0.2) is 0 Å². The van der Waals surface area contributed by atoms with Crippen molar-refractivity contribution >= 4 is 0 Å². The summed E-state index contributed by atoms with van der Waals surface area (Å²) >= 11 is 0. The van der Waals surface area contributed by atoms with Gasteiger partial charge < -0.3 is 9.30 Å². The third-order valence-electron chi connectivity index (χ3n) is 3.68. The first-order valence-corrected chi connectivity index (χ1v) is 7.03. The molecule has 1 aromatic carbocycles. The van der Waals surface area contributed by atoms with E-state index in [2.05, 4.69) is 38.7 Å². The minimum Gasteiger partial charge on any atom is -0.492 e. The molecule has 0 unspecified atom stereocenters. The maximum Gasteiger partial charge on any atom is 0.147 e. The van der Waals surface area contributed by atoms with Gasteiger partial charge in [0.2, 0.25) is 0 Å². The van der Waals surface area contributed by atoms with Crippen molar-refractivity contribution < 1.29 is 4.74 Å². The fourth-order valence-electron chi connectivity index (χ4n) is 2.54. The van der Waals surface area contributed by atoms with E-state index in [1.165, 1.54) is 5.56 Å². The highest BCUT2D eigenvalue weighted by atomic mass is 16.5. The second kappa shape index (κ2) is 5.63. The van der Waals surface area contributed by atoms with Gasteiger partial charge in [-0.05, 0) is 31.5 Å². The molecule has 0 amide bonds. The van der Waals surface area contributed by atoms with E-state index in [1.54, 1.807) is 0 Å². The van der Waals surface area contributed by atoms with E-state index >= 15 is 0 Å². The van der Waals surface area contributed by atoms with E-state index in [1.807, 2.05) is 19.1 Å². The van der Waals surface area contributed by atoms with E-state index in [0.717, 1.165) is 43.6 Å². The van der Waals surface area contributed by atoms with Crippen LogP contribution >= 0.6 is 0 Å². The zero-order chi connectivity index (χ0) is 13.9. The Kier molecular flexibility index (Phi) is 3.69. The standard InChI is InChI=1S/C15H20N4O/c1-12-4-3-5-14(10-12)20-9-8-18-6-7-19-13(2)16-17-15(19)11-18/h3-5,10H,6-9,11H2,1-2H3. The van der Waals surface area contributed by atoms with Gasteiger partial charge >= 0.3 is 0 Å². The van der Waals surface area contributed by atoms with Gasteiger partial charge in [-0.15, -0.1) is 10.2 Å². The molecular weight excluding hydrogens is 252 g/mol. The average molecular weight is 272 g/mol. The lowest BCUT2D eigenvalue weighted by atomic mass is 10.2. The molecule has 0 saturated carbocycles. The van der Waals surface area contributed by atoms with E-state index in [-0.39, 0.29) is 0 Å². The van der Waals surface area contributed by atoms with Crippen molar-refractivity contribution in [2.45, 2.75) is 26.9 Å². The van der Waals surface area contributed by atoms with Crippen LogP contribution in [0.5, 0.6) is 5.75 Å². The van der Waals surface area contributed by atoms with E-state index in [9.17, 15) is 0 Å². The molecule has 1 aliphatic rings. The minimum absolute atomic E-state index is 0.705. The van der Waals surface area contributed by atoms with Crippen LogP contribution in [0.3, 0.4) is 0 Å². The topological polar surface area (TPSA) is 43.2 Å². The number of nitrogens with zero attached hydrogens (tertiary/aromatic N) is 4. The number of hydrogen-bond donors (Lipinski definition) is 0. The number of aromatic nitrogens is 3. The van der Waals surface area contributed by atoms with Crippen LogP contribution < -0.4 is 4.74 Å². The molecule has 0 spiro atoms. The molecule has 0 aliphatic carbocycles. The zero-order valence-electron chi connectivity index (χ0n) is 12.0. The Balaban J connectivity index is 1.50. The SMILES string of the molecule is Cc1cccc(OCCN2CCn3c(C)nnc3C2)c1. The largest absolute Gasteiger partial charge is 0.492 e. The predicted molar refractivity (Wildman–Crippen MR) is 76.7 cm³/mol. The lowest BCUT2D eigenvalue weighted by Crippen LogP contribution is -2.36. The number of ether oxygens (including phenoxy) is 1. The normalized spacial score (nSPS) is 15.1. The number of fused-ring (bicyclic) bond motifs is 1. The number of aryl methyl sites for hydroxylation is 2. The molecular formula is C15H20N4O. The summed E-state index contributed by atoms with van der Waals surface area (Å²) in [6.45, 7) is 8.57. The second-order valence-corrected chi connectivity index (χ2v) is 5.26. The third kappa shape index (κ3) is 2.82. The molecule has 0 radical (unpaired) electrons. The lowest BCUT2D eigenvalue weighted by Gasteiger charge is -2.27. The Morgan fingerprint density at radius 3 is 2.95 bits per heavy atom. The smallest absolute Gasteiger partial charge is 0.147 e. The Labute approximate surface area is 119 Å². The summed E-state index contributed by atoms with van der Waals surface area (Å²) in [5.74, 6) is 3.01. The second-order valence-electron chi connectivity index (χ2n) is 5.26. The Bertz CT molecular complexity index is 593. The van der Waals surface area contributed by atoms with Crippen LogP contribution in [0.15, 0.2) is 24.3 Å². The molecule has 1 aliphatic heterocycles. The Morgan fingerprint density at radius 1 is 1.20 bits per heavy atom. The minimum atomic E-state index is 0.705. The molecule has 0 atom stereocenters. The summed E-state index contributed by atoms with van der Waals surface area (Å²) in [6.07, 6.45) is 0. The van der Waals surface area contributed by atoms with Crippen LogP contribution in [0.4, 0.5) is 0 Å². The number of benzene rings is 1. The van der Waals surface area contributed by atoms with E-state index < -0.39 is 0 Å². The summed E-state index contributed by atoms with van der Waals surface area (Å²) in [6, 6.07) is 8.17. The summed E-state index contributed by atoms with van der Waals surface area (Å²) < 4.78 is 7.99. The van der Waals surface area contributed by atoms with Crippen molar-refractivity contribution in [2.75, 3.05) is 19.7 Å². The molecule has 3 rings (SSSR count). The lowest BCUT2D eigenvalue weighted by molar-refractivity contribution is 0.174. The Morgan fingerprint density at radius 2 is 2.10 bits per heavy atom. The molecule has 0 saturated heterocycles. The third-order valence-corrected chi connectivity index (χ3v) is 3.68. The molecule has 5 heteroatoms. The van der Waals surface area contributed by atoms with Crippen molar-refractivity contribution in [3.63, 3.8) is 0 Å². The van der Waals surface area contributed by atoms with Crippen molar-refractivity contribution in [1.29, 1.82) is 0 Å². The fraction of sp³-hybridized carbons (Fsp3) is 0.467. The summed E-state index contributed by atoms with van der Waals surface area (Å²) in [7, 11) is 0. The van der Waals surface area contributed by atoms with Gasteiger partial charge in [-0.1, -0.05) is 12.1 Å². The maximum atomic E-state index is 5.80. The quantitative estimate of drug-likeness (QED) is 0.851. The van der Waals surface area contributed by atoms with Crippen LogP contribution in [0.25, 0.3) is 0 Å². The van der Waals surface area contributed by atoms with Crippen molar-refractivity contribution in [2.24, 2.45) is 0 Å². The molecule has 0 fully saturated rings. The molecule has 106 valence electrons. The summed E-state index contributed by atoms with van der Waals surface area (Å²) in [4.78, 5) is 2.36. The molecule has 2 aromatic rings. The molecule has 0 bridgehead atoms. The van der Waals surface area contributed by atoms with Gasteiger partial charge in [-0.3, -0.25) is 4.90 Å². The van der Waals surface area contributed by atoms with Crippen molar-refractivity contribution in [3.05, 3.63) is 41.5 Å². The van der Waals surface area contributed by atoms with E-state index in [4.69, 9.17) is 4.74 Å². The van der Waals surface area contributed by atoms with Crippen LogP contribution in [-0.4, -0.2) is 39.4 Å². The molecule has 0 N–H and O–H groups in total. The highest BCUT2D eigenvalue weighted by Gasteiger charge is 2.19. The number of rotatable bonds is 4. The summed E-state index contributed by atoms with van der Waals surface area (Å²) in [5, 5.41) is 8.34. The zero-order valence-corrected chi connectivity index (χ0v) is 12.0. The molecule has 2 heterocycles. The fourth-order valence-corrected chi connectivity index (χ4v) is 2.54. The molecule has 20 heavy (non-hydrogen) atoms. The van der Waals surface area contributed by atoms with Crippen LogP contribution in [0, 0.1) is 13.8 Å². The highest BCUT2D eigenvalue weighted by Crippen LogP contribution is 2.14. The predicted octanol–water partition coefficient (Wildman–Crippen LogP) is 1.79. The van der Waals surface area contributed by atoms with Crippen molar-refractivity contribution in [3.8, 4) is 5.75 Å². The van der Waals surface area contributed by atoms with Crippen LogP contribution in [-0.2, 0) is 13.1 Å².